The molecule has 2 fully saturated rings. The topological polar surface area (TPSA) is 78.5 Å². The Labute approximate surface area is 119 Å². The van der Waals surface area contributed by atoms with Crippen LogP contribution in [-0.4, -0.2) is 47.8 Å². The lowest BCUT2D eigenvalue weighted by atomic mass is 9.95. The van der Waals surface area contributed by atoms with Crippen LogP contribution in [0.25, 0.3) is 0 Å². The van der Waals surface area contributed by atoms with Crippen LogP contribution in [0.1, 0.15) is 45.4 Å². The monoisotopic (exact) mass is 281 g/mol. The Balaban J connectivity index is 1.82. The van der Waals surface area contributed by atoms with Crippen molar-refractivity contribution in [1.82, 2.24) is 15.5 Å². The number of amides is 3. The van der Waals surface area contributed by atoms with Gasteiger partial charge in [-0.25, -0.2) is 0 Å². The molecular weight excluding hydrogens is 258 g/mol. The molecule has 2 rings (SSSR count). The molecule has 0 spiro atoms. The molecule has 0 aromatic rings. The maximum absolute atomic E-state index is 12.1. The number of nitrogens with zero attached hydrogens (tertiary/aromatic N) is 1. The largest absolute Gasteiger partial charge is 0.352 e. The average Bonchev–Trinajstić information content (AvgIpc) is 2.67. The van der Waals surface area contributed by atoms with Crippen molar-refractivity contribution >= 4 is 17.7 Å². The van der Waals surface area contributed by atoms with E-state index < -0.39 is 12.1 Å². The van der Waals surface area contributed by atoms with Gasteiger partial charge in [0.05, 0.1) is 18.5 Å². The highest BCUT2D eigenvalue weighted by atomic mass is 16.2. The summed E-state index contributed by atoms with van der Waals surface area (Å²) in [4.78, 5) is 36.4. The molecule has 1 aliphatic carbocycles. The second-order valence-electron chi connectivity index (χ2n) is 5.78. The van der Waals surface area contributed by atoms with Gasteiger partial charge in [-0.3, -0.25) is 24.6 Å². The van der Waals surface area contributed by atoms with Crippen molar-refractivity contribution in [2.24, 2.45) is 0 Å². The van der Waals surface area contributed by atoms with E-state index in [1.807, 2.05) is 0 Å². The maximum Gasteiger partial charge on any atom is 0.246 e. The van der Waals surface area contributed by atoms with Gasteiger partial charge in [-0.2, -0.15) is 0 Å². The Hall–Kier alpha value is -1.43. The molecule has 0 aromatic carbocycles. The minimum Gasteiger partial charge on any atom is -0.352 e. The Morgan fingerprint density at radius 1 is 1.25 bits per heavy atom. The molecule has 1 aliphatic heterocycles. The van der Waals surface area contributed by atoms with Gasteiger partial charge in [0.1, 0.15) is 0 Å². The molecule has 112 valence electrons. The minimum atomic E-state index is -0.570. The first-order chi connectivity index (χ1) is 9.49. The third-order valence-corrected chi connectivity index (χ3v) is 4.18. The van der Waals surface area contributed by atoms with Crippen LogP contribution < -0.4 is 10.6 Å². The van der Waals surface area contributed by atoms with Gasteiger partial charge < -0.3 is 5.32 Å². The number of likely N-dealkylation sites (tertiary alicyclic amines) is 1. The van der Waals surface area contributed by atoms with Gasteiger partial charge in [0, 0.05) is 13.1 Å². The average molecular weight is 281 g/mol. The molecule has 0 aromatic heterocycles. The first kappa shape index (κ1) is 15.0. The molecule has 1 saturated carbocycles. The molecular formula is C14H23N3O3. The number of hydrogen-bond acceptors (Lipinski definition) is 4. The van der Waals surface area contributed by atoms with Crippen LogP contribution in [0.3, 0.4) is 0 Å². The minimum absolute atomic E-state index is 0.0910. The quantitative estimate of drug-likeness (QED) is 0.720. The van der Waals surface area contributed by atoms with Gasteiger partial charge in [-0.05, 0) is 19.8 Å². The highest BCUT2D eigenvalue weighted by Crippen LogP contribution is 2.17. The molecule has 20 heavy (non-hydrogen) atoms. The van der Waals surface area contributed by atoms with Crippen molar-refractivity contribution in [3.8, 4) is 0 Å². The number of nitrogens with one attached hydrogen (secondary N) is 2. The predicted molar refractivity (Wildman–Crippen MR) is 73.8 cm³/mol. The van der Waals surface area contributed by atoms with Crippen molar-refractivity contribution in [2.45, 2.75) is 63.6 Å². The van der Waals surface area contributed by atoms with E-state index in [4.69, 9.17) is 0 Å². The summed E-state index contributed by atoms with van der Waals surface area (Å²) in [5.74, 6) is -0.550. The number of rotatable bonds is 4. The van der Waals surface area contributed by atoms with Crippen molar-refractivity contribution < 1.29 is 14.4 Å². The molecule has 2 N–H and O–H groups in total. The third-order valence-electron chi connectivity index (χ3n) is 4.18. The summed E-state index contributed by atoms with van der Waals surface area (Å²) in [6.45, 7) is 1.73. The molecule has 0 radical (unpaired) electrons. The Morgan fingerprint density at radius 3 is 2.45 bits per heavy atom. The number of carbonyl (C=O) groups is 3. The summed E-state index contributed by atoms with van der Waals surface area (Å²) in [5, 5.41) is 5.97. The van der Waals surface area contributed by atoms with E-state index in [2.05, 4.69) is 10.6 Å². The van der Waals surface area contributed by atoms with E-state index in [9.17, 15) is 14.4 Å². The summed E-state index contributed by atoms with van der Waals surface area (Å²) < 4.78 is 0. The standard InChI is InChI=1S/C14H23N3O3/c1-9(13(19)16-10-6-4-3-5-7-10)15-11-8-12(18)17(2)14(11)20/h9-11,15H,3-8H2,1-2H3,(H,16,19). The lowest BCUT2D eigenvalue weighted by Gasteiger charge is -2.25. The summed E-state index contributed by atoms with van der Waals surface area (Å²) in [6, 6.07) is -0.783. The Kier molecular flexibility index (Phi) is 4.75. The maximum atomic E-state index is 12.1. The number of imide groups is 1. The highest BCUT2D eigenvalue weighted by Gasteiger charge is 2.37. The van der Waals surface area contributed by atoms with E-state index in [0.29, 0.717) is 0 Å². The van der Waals surface area contributed by atoms with Gasteiger partial charge in [-0.15, -0.1) is 0 Å². The third kappa shape index (κ3) is 3.36. The van der Waals surface area contributed by atoms with Crippen LogP contribution >= 0.6 is 0 Å². The molecule has 6 heteroatoms. The first-order valence-corrected chi connectivity index (χ1v) is 7.36. The van der Waals surface area contributed by atoms with Gasteiger partial charge in [-0.1, -0.05) is 19.3 Å². The molecule has 2 unspecified atom stereocenters. The zero-order valence-electron chi connectivity index (χ0n) is 12.1. The lowest BCUT2D eigenvalue weighted by Crippen LogP contribution is -2.51. The van der Waals surface area contributed by atoms with Crippen molar-refractivity contribution in [3.05, 3.63) is 0 Å². The summed E-state index contributed by atoms with van der Waals surface area (Å²) in [6.07, 6.45) is 5.76. The molecule has 3 amide bonds. The first-order valence-electron chi connectivity index (χ1n) is 7.36. The molecule has 1 saturated heterocycles. The van der Waals surface area contributed by atoms with Gasteiger partial charge in [0.25, 0.3) is 0 Å². The normalized spacial score (nSPS) is 25.9. The van der Waals surface area contributed by atoms with E-state index >= 15 is 0 Å². The lowest BCUT2D eigenvalue weighted by molar-refractivity contribution is -0.137. The van der Waals surface area contributed by atoms with E-state index in [1.165, 1.54) is 13.5 Å². The molecule has 0 bridgehead atoms. The predicted octanol–water partition coefficient (Wildman–Crippen LogP) is 0.171. The SMILES string of the molecule is CC(NC1CC(=O)N(C)C1=O)C(=O)NC1CCCCC1. The van der Waals surface area contributed by atoms with Crippen LogP contribution in [0.15, 0.2) is 0 Å². The molecule has 6 nitrogen and oxygen atoms in total. The Morgan fingerprint density at radius 2 is 1.90 bits per heavy atom. The smallest absolute Gasteiger partial charge is 0.246 e. The summed E-state index contributed by atoms with van der Waals surface area (Å²) in [7, 11) is 1.47. The fourth-order valence-electron chi connectivity index (χ4n) is 2.84. The second kappa shape index (κ2) is 6.35. The zero-order valence-corrected chi connectivity index (χ0v) is 12.1. The fourth-order valence-corrected chi connectivity index (χ4v) is 2.84. The van der Waals surface area contributed by atoms with Gasteiger partial charge in [0.15, 0.2) is 0 Å². The van der Waals surface area contributed by atoms with E-state index in [-0.39, 0.29) is 30.2 Å². The van der Waals surface area contributed by atoms with E-state index in [0.717, 1.165) is 30.6 Å². The van der Waals surface area contributed by atoms with Crippen LogP contribution in [0.4, 0.5) is 0 Å². The number of hydrogen-bond donors (Lipinski definition) is 2. The van der Waals surface area contributed by atoms with Crippen LogP contribution in [0, 0.1) is 0 Å². The molecule has 1 heterocycles. The van der Waals surface area contributed by atoms with Crippen molar-refractivity contribution in [1.29, 1.82) is 0 Å². The van der Waals surface area contributed by atoms with Crippen LogP contribution in [0.5, 0.6) is 0 Å². The van der Waals surface area contributed by atoms with Crippen molar-refractivity contribution in [3.63, 3.8) is 0 Å². The zero-order chi connectivity index (χ0) is 14.7. The molecule has 2 aliphatic rings. The Bertz CT molecular complexity index is 404. The van der Waals surface area contributed by atoms with Gasteiger partial charge >= 0.3 is 0 Å². The molecule has 2 atom stereocenters. The van der Waals surface area contributed by atoms with Crippen LogP contribution in [0.2, 0.25) is 0 Å². The summed E-state index contributed by atoms with van der Waals surface area (Å²) >= 11 is 0. The number of carbonyl (C=O) groups excluding carboxylic acids is 3. The van der Waals surface area contributed by atoms with Crippen molar-refractivity contribution in [2.75, 3.05) is 7.05 Å². The fraction of sp³-hybridized carbons (Fsp3) is 0.786. The van der Waals surface area contributed by atoms with Gasteiger partial charge in [0.2, 0.25) is 17.7 Å². The van der Waals surface area contributed by atoms with Crippen LogP contribution in [-0.2, 0) is 14.4 Å². The number of likely N-dealkylation sites (N-methyl/N-ethyl adjacent to an activating group) is 1. The summed E-state index contributed by atoms with van der Waals surface area (Å²) in [5.41, 5.74) is 0. The van der Waals surface area contributed by atoms with E-state index in [1.54, 1.807) is 6.92 Å². The highest BCUT2D eigenvalue weighted by molar-refractivity contribution is 6.05. The second-order valence-corrected chi connectivity index (χ2v) is 5.78.